The molecule has 0 aromatic heterocycles. The lowest BCUT2D eigenvalue weighted by Crippen LogP contribution is -2.29. The zero-order valence-electron chi connectivity index (χ0n) is 10.5. The molecule has 0 bridgehead atoms. The van der Waals surface area contributed by atoms with Crippen LogP contribution in [0.4, 0.5) is 0 Å². The van der Waals surface area contributed by atoms with Crippen LogP contribution in [-0.2, 0) is 0 Å². The second-order valence-corrected chi connectivity index (χ2v) is 7.75. The fourth-order valence-corrected chi connectivity index (χ4v) is 5.16. The van der Waals surface area contributed by atoms with Gasteiger partial charge in [0.1, 0.15) is 0 Å². The molecule has 1 nitrogen and oxygen atoms in total. The van der Waals surface area contributed by atoms with Gasteiger partial charge in [-0.1, -0.05) is 0 Å². The molecule has 0 radical (unpaired) electrons. The maximum absolute atomic E-state index is 3.45. The Morgan fingerprint density at radius 3 is 2.76 bits per heavy atom. The van der Waals surface area contributed by atoms with Crippen LogP contribution in [0, 0.1) is 17.8 Å². The number of nitrogens with one attached hydrogen (secondary N) is 1. The molecule has 1 atom stereocenters. The van der Waals surface area contributed by atoms with E-state index < -0.39 is 0 Å². The summed E-state index contributed by atoms with van der Waals surface area (Å²) in [6.07, 6.45) is 7.60. The van der Waals surface area contributed by atoms with Crippen LogP contribution in [0.1, 0.15) is 38.5 Å². The molecule has 2 aliphatic rings. The van der Waals surface area contributed by atoms with Gasteiger partial charge in [0.2, 0.25) is 0 Å². The summed E-state index contributed by atoms with van der Waals surface area (Å²) in [6.45, 7) is 2.39. The van der Waals surface area contributed by atoms with Crippen LogP contribution in [0.5, 0.6) is 0 Å². The van der Waals surface area contributed by atoms with Crippen molar-refractivity contribution >= 4 is 23.5 Å². The Bertz CT molecular complexity index is 257. The fourth-order valence-electron chi connectivity index (χ4n) is 2.30. The second kappa shape index (κ2) is 8.34. The van der Waals surface area contributed by atoms with Gasteiger partial charge < -0.3 is 5.32 Å². The smallest absolute Gasteiger partial charge is 0.0511 e. The first kappa shape index (κ1) is 13.6. The first-order valence-corrected chi connectivity index (χ1v) is 8.94. The molecule has 2 rings (SSSR count). The maximum atomic E-state index is 3.45. The lowest BCUT2D eigenvalue weighted by Gasteiger charge is -2.20. The van der Waals surface area contributed by atoms with E-state index in [1.807, 2.05) is 0 Å². The third kappa shape index (κ3) is 5.59. The highest BCUT2D eigenvalue weighted by Crippen LogP contribution is 2.33. The zero-order valence-corrected chi connectivity index (χ0v) is 12.2. The average Bonchev–Trinajstić information content (AvgIpc) is 2.41. The molecule has 3 heteroatoms. The van der Waals surface area contributed by atoms with Crippen molar-refractivity contribution in [3.05, 3.63) is 0 Å². The summed E-state index contributed by atoms with van der Waals surface area (Å²) in [7, 11) is 0. The Kier molecular flexibility index (Phi) is 6.70. The molecular weight excluding hydrogens is 246 g/mol. The highest BCUT2D eigenvalue weighted by atomic mass is 32.2. The van der Waals surface area contributed by atoms with E-state index >= 15 is 0 Å². The molecule has 17 heavy (non-hydrogen) atoms. The summed E-state index contributed by atoms with van der Waals surface area (Å²) in [4.78, 5) is 0. The average molecular weight is 269 g/mol. The van der Waals surface area contributed by atoms with Crippen LogP contribution < -0.4 is 5.32 Å². The van der Waals surface area contributed by atoms with Crippen molar-refractivity contribution in [1.29, 1.82) is 0 Å². The normalized spacial score (nSPS) is 26.2. The van der Waals surface area contributed by atoms with Crippen LogP contribution in [0.2, 0.25) is 0 Å². The summed E-state index contributed by atoms with van der Waals surface area (Å²) >= 11 is 4.27. The molecule has 0 spiro atoms. The van der Waals surface area contributed by atoms with Gasteiger partial charge in [0, 0.05) is 12.8 Å². The summed E-state index contributed by atoms with van der Waals surface area (Å²) < 4.78 is 0.828. The maximum Gasteiger partial charge on any atom is 0.0511 e. The first-order valence-electron chi connectivity index (χ1n) is 6.85. The minimum atomic E-state index is 0.815. The molecular formula is C14H23NS2. The summed E-state index contributed by atoms with van der Waals surface area (Å²) in [5.41, 5.74) is 0. The van der Waals surface area contributed by atoms with Crippen molar-refractivity contribution in [3.8, 4) is 11.8 Å². The van der Waals surface area contributed by atoms with E-state index in [0.29, 0.717) is 0 Å². The van der Waals surface area contributed by atoms with E-state index in [-0.39, 0.29) is 0 Å². The Morgan fingerprint density at radius 1 is 1.12 bits per heavy atom. The van der Waals surface area contributed by atoms with Gasteiger partial charge in [0.15, 0.2) is 0 Å². The van der Waals surface area contributed by atoms with E-state index in [9.17, 15) is 0 Å². The highest BCUT2D eigenvalue weighted by Gasteiger charge is 2.13. The fraction of sp³-hybridized carbons (Fsp3) is 0.857. The number of thioether (sulfide) groups is 2. The molecule has 2 fully saturated rings. The molecule has 0 aromatic rings. The van der Waals surface area contributed by atoms with E-state index in [4.69, 9.17) is 0 Å². The van der Waals surface area contributed by atoms with Gasteiger partial charge in [-0.25, -0.2) is 0 Å². The Hall–Kier alpha value is 0.220. The Morgan fingerprint density at radius 2 is 2.00 bits per heavy atom. The predicted octanol–water partition coefficient (Wildman–Crippen LogP) is 3.36. The Labute approximate surface area is 114 Å². The molecule has 1 N–H and O–H groups in total. The number of rotatable bonds is 3. The van der Waals surface area contributed by atoms with Crippen LogP contribution in [0.25, 0.3) is 0 Å². The van der Waals surface area contributed by atoms with Crippen molar-refractivity contribution in [2.45, 2.75) is 43.1 Å². The first-order chi connectivity index (χ1) is 8.45. The van der Waals surface area contributed by atoms with Crippen LogP contribution in [0.3, 0.4) is 0 Å². The Balaban J connectivity index is 1.54. The summed E-state index contributed by atoms with van der Waals surface area (Å²) in [5.74, 6) is 10.3. The molecule has 0 saturated carbocycles. The lowest BCUT2D eigenvalue weighted by atomic mass is 9.96. The molecule has 96 valence electrons. The summed E-state index contributed by atoms with van der Waals surface area (Å²) in [6, 6.07) is 0. The van der Waals surface area contributed by atoms with Crippen molar-refractivity contribution in [3.63, 3.8) is 0 Å². The quantitative estimate of drug-likeness (QED) is 0.789. The van der Waals surface area contributed by atoms with Gasteiger partial charge in [0.05, 0.1) is 4.58 Å². The predicted molar refractivity (Wildman–Crippen MR) is 80.5 cm³/mol. The molecule has 2 aliphatic heterocycles. The molecule has 0 aromatic carbocycles. The van der Waals surface area contributed by atoms with Crippen LogP contribution >= 0.6 is 23.5 Å². The third-order valence-corrected chi connectivity index (χ3v) is 6.40. The number of hydrogen-bond acceptors (Lipinski definition) is 3. The standard InChI is InChI=1S/C14H23NS2/c1(2-6-13-7-4-9-15-12-13)3-8-14-16-10-5-11-17-14/h13-15H,3-12H2. The van der Waals surface area contributed by atoms with Crippen LogP contribution in [0.15, 0.2) is 0 Å². The van der Waals surface area contributed by atoms with Crippen LogP contribution in [-0.4, -0.2) is 29.2 Å². The van der Waals surface area contributed by atoms with E-state index in [0.717, 1.165) is 23.3 Å². The SMILES string of the molecule is C(#CCC1CCCNC1)CCC1SCCCS1. The van der Waals surface area contributed by atoms with Gasteiger partial charge in [-0.05, 0) is 56.2 Å². The van der Waals surface area contributed by atoms with Gasteiger partial charge in [0.25, 0.3) is 0 Å². The van der Waals surface area contributed by atoms with Gasteiger partial charge in [-0.3, -0.25) is 0 Å². The molecule has 2 heterocycles. The van der Waals surface area contributed by atoms with E-state index in [1.54, 1.807) is 0 Å². The minimum Gasteiger partial charge on any atom is -0.316 e. The van der Waals surface area contributed by atoms with Crippen molar-refractivity contribution in [2.24, 2.45) is 5.92 Å². The zero-order chi connectivity index (χ0) is 11.8. The van der Waals surface area contributed by atoms with Crippen molar-refractivity contribution in [1.82, 2.24) is 5.32 Å². The lowest BCUT2D eigenvalue weighted by molar-refractivity contribution is 0.384. The largest absolute Gasteiger partial charge is 0.316 e. The highest BCUT2D eigenvalue weighted by molar-refractivity contribution is 8.17. The monoisotopic (exact) mass is 269 g/mol. The van der Waals surface area contributed by atoms with Gasteiger partial charge in [-0.2, -0.15) is 0 Å². The van der Waals surface area contributed by atoms with E-state index in [2.05, 4.69) is 40.7 Å². The van der Waals surface area contributed by atoms with Crippen molar-refractivity contribution in [2.75, 3.05) is 24.6 Å². The van der Waals surface area contributed by atoms with Gasteiger partial charge in [-0.15, -0.1) is 35.4 Å². The van der Waals surface area contributed by atoms with E-state index in [1.165, 1.54) is 50.3 Å². The number of hydrogen-bond donors (Lipinski definition) is 1. The van der Waals surface area contributed by atoms with Crippen molar-refractivity contribution < 1.29 is 0 Å². The molecule has 1 unspecified atom stereocenters. The summed E-state index contributed by atoms with van der Waals surface area (Å²) in [5, 5.41) is 3.45. The second-order valence-electron chi connectivity index (χ2n) is 4.83. The minimum absolute atomic E-state index is 0.815. The number of piperidine rings is 1. The molecule has 2 saturated heterocycles. The van der Waals surface area contributed by atoms with Gasteiger partial charge >= 0.3 is 0 Å². The molecule has 0 aliphatic carbocycles. The molecule has 0 amide bonds. The topological polar surface area (TPSA) is 12.0 Å². The third-order valence-electron chi connectivity index (χ3n) is 3.32.